The van der Waals surface area contributed by atoms with Gasteiger partial charge in [-0.2, -0.15) is 0 Å². The lowest BCUT2D eigenvalue weighted by Gasteiger charge is -2.18. The first-order chi connectivity index (χ1) is 26.5. The van der Waals surface area contributed by atoms with Gasteiger partial charge in [-0.3, -0.25) is 14.4 Å². The lowest BCUT2D eigenvalue weighted by molar-refractivity contribution is -0.167. The van der Waals surface area contributed by atoms with Crippen LogP contribution in [0.25, 0.3) is 0 Å². The molecule has 0 heterocycles. The van der Waals surface area contributed by atoms with Gasteiger partial charge in [0, 0.05) is 19.3 Å². The van der Waals surface area contributed by atoms with E-state index >= 15 is 0 Å². The van der Waals surface area contributed by atoms with Crippen LogP contribution in [-0.4, -0.2) is 37.2 Å². The number of unbranched alkanes of at least 4 members (excludes halogenated alkanes) is 21. The van der Waals surface area contributed by atoms with Gasteiger partial charge in [0.1, 0.15) is 13.2 Å². The van der Waals surface area contributed by atoms with E-state index in [9.17, 15) is 14.4 Å². The third kappa shape index (κ3) is 40.6. The standard InChI is InChI=1S/C48H84O6/c1-4-7-10-13-16-19-22-23-24-25-26-27-30-32-35-38-41-47(50)53-44-45(54-48(51)42-39-36-33-29-21-18-15-12-9-6-3)43-52-46(49)40-37-34-31-28-20-17-14-11-8-5-2/h7,10,15-16,18-19,23-24,45H,4-6,8-9,11-14,17,20-22,25-44H2,1-3H3/b10-7-,18-15-,19-16-,24-23-. The normalized spacial score (nSPS) is 12.4. The molecule has 0 aromatic carbocycles. The van der Waals surface area contributed by atoms with Gasteiger partial charge in [-0.15, -0.1) is 0 Å². The van der Waals surface area contributed by atoms with Crippen LogP contribution in [-0.2, 0) is 28.6 Å². The number of rotatable bonds is 40. The number of allylic oxidation sites excluding steroid dienone is 8. The number of carbonyl (C=O) groups is 3. The summed E-state index contributed by atoms with van der Waals surface area (Å²) in [5.74, 6) is -0.911. The maximum absolute atomic E-state index is 12.7. The van der Waals surface area contributed by atoms with Crippen LogP contribution in [0.1, 0.15) is 220 Å². The van der Waals surface area contributed by atoms with Gasteiger partial charge in [0.05, 0.1) is 0 Å². The molecule has 0 amide bonds. The van der Waals surface area contributed by atoms with Crippen molar-refractivity contribution in [3.05, 3.63) is 48.6 Å². The molecule has 0 radical (unpaired) electrons. The number of hydrogen-bond donors (Lipinski definition) is 0. The summed E-state index contributed by atoms with van der Waals surface area (Å²) in [7, 11) is 0. The molecule has 0 spiro atoms. The predicted octanol–water partition coefficient (Wildman–Crippen LogP) is 14.4. The van der Waals surface area contributed by atoms with Gasteiger partial charge in [-0.1, -0.05) is 179 Å². The molecule has 0 saturated heterocycles. The Morgan fingerprint density at radius 3 is 1.20 bits per heavy atom. The molecular weight excluding hydrogens is 673 g/mol. The lowest BCUT2D eigenvalue weighted by Crippen LogP contribution is -2.30. The van der Waals surface area contributed by atoms with E-state index in [1.54, 1.807) is 0 Å². The summed E-state index contributed by atoms with van der Waals surface area (Å²) in [5.41, 5.74) is 0. The Bertz CT molecular complexity index is 964. The second-order valence-corrected chi connectivity index (χ2v) is 14.9. The minimum atomic E-state index is -0.778. The topological polar surface area (TPSA) is 78.9 Å². The minimum Gasteiger partial charge on any atom is -0.462 e. The SMILES string of the molecule is CC/C=C\C/C=C\C/C=C\CCCCCCCCC(=O)OCC(COC(=O)CCCCCCCCCCCC)OC(=O)CCCCCC/C=C\CCCC. The summed E-state index contributed by atoms with van der Waals surface area (Å²) in [6.45, 7) is 6.44. The smallest absolute Gasteiger partial charge is 0.306 e. The average Bonchev–Trinajstić information content (AvgIpc) is 3.17. The first-order valence-electron chi connectivity index (χ1n) is 22.6. The van der Waals surface area contributed by atoms with Crippen molar-refractivity contribution in [3.8, 4) is 0 Å². The van der Waals surface area contributed by atoms with Gasteiger partial charge >= 0.3 is 17.9 Å². The van der Waals surface area contributed by atoms with Crippen LogP contribution in [0.15, 0.2) is 48.6 Å². The van der Waals surface area contributed by atoms with Crippen molar-refractivity contribution >= 4 is 17.9 Å². The van der Waals surface area contributed by atoms with Gasteiger partial charge in [0.2, 0.25) is 0 Å². The molecule has 0 fully saturated rings. The van der Waals surface area contributed by atoms with Crippen LogP contribution < -0.4 is 0 Å². The predicted molar refractivity (Wildman–Crippen MR) is 229 cm³/mol. The fourth-order valence-electron chi connectivity index (χ4n) is 6.14. The highest BCUT2D eigenvalue weighted by Crippen LogP contribution is 2.14. The third-order valence-corrected chi connectivity index (χ3v) is 9.57. The number of carbonyl (C=O) groups excluding carboxylic acids is 3. The summed E-state index contributed by atoms with van der Waals surface area (Å²) in [6.07, 6.45) is 49.5. The van der Waals surface area contributed by atoms with Gasteiger partial charge < -0.3 is 14.2 Å². The Kier molecular flexibility index (Phi) is 41.0. The molecule has 0 aliphatic rings. The van der Waals surface area contributed by atoms with E-state index in [0.717, 1.165) is 103 Å². The summed E-state index contributed by atoms with van der Waals surface area (Å²) in [4.78, 5) is 37.6. The molecule has 1 unspecified atom stereocenters. The monoisotopic (exact) mass is 757 g/mol. The highest BCUT2D eigenvalue weighted by molar-refractivity contribution is 5.71. The first kappa shape index (κ1) is 51.4. The van der Waals surface area contributed by atoms with Crippen molar-refractivity contribution in [3.63, 3.8) is 0 Å². The molecule has 312 valence electrons. The van der Waals surface area contributed by atoms with E-state index in [-0.39, 0.29) is 31.1 Å². The average molecular weight is 757 g/mol. The fourth-order valence-corrected chi connectivity index (χ4v) is 6.14. The molecule has 0 rings (SSSR count). The quantitative estimate of drug-likeness (QED) is 0.0268. The molecule has 0 aromatic rings. The van der Waals surface area contributed by atoms with Crippen LogP contribution >= 0.6 is 0 Å². The van der Waals surface area contributed by atoms with Gasteiger partial charge in [-0.25, -0.2) is 0 Å². The zero-order valence-corrected chi connectivity index (χ0v) is 35.5. The highest BCUT2D eigenvalue weighted by atomic mass is 16.6. The molecule has 6 heteroatoms. The molecule has 0 aliphatic heterocycles. The number of ether oxygens (including phenoxy) is 3. The second-order valence-electron chi connectivity index (χ2n) is 14.9. The van der Waals surface area contributed by atoms with Crippen molar-refractivity contribution in [1.82, 2.24) is 0 Å². The molecule has 0 bridgehead atoms. The van der Waals surface area contributed by atoms with Gasteiger partial charge in [0.25, 0.3) is 0 Å². The molecule has 0 aliphatic carbocycles. The Balaban J connectivity index is 4.36. The molecule has 0 aromatic heterocycles. The molecule has 0 N–H and O–H groups in total. The summed E-state index contributed by atoms with van der Waals surface area (Å²) in [6, 6.07) is 0. The van der Waals surface area contributed by atoms with Crippen molar-refractivity contribution in [1.29, 1.82) is 0 Å². The lowest BCUT2D eigenvalue weighted by atomic mass is 10.1. The Labute approximate surface area is 333 Å². The van der Waals surface area contributed by atoms with E-state index < -0.39 is 6.10 Å². The molecule has 54 heavy (non-hydrogen) atoms. The molecule has 6 nitrogen and oxygen atoms in total. The molecular formula is C48H84O6. The maximum atomic E-state index is 12.7. The Morgan fingerprint density at radius 1 is 0.389 bits per heavy atom. The van der Waals surface area contributed by atoms with E-state index in [1.807, 2.05) is 0 Å². The largest absolute Gasteiger partial charge is 0.462 e. The third-order valence-electron chi connectivity index (χ3n) is 9.57. The zero-order chi connectivity index (χ0) is 39.4. The van der Waals surface area contributed by atoms with E-state index in [0.29, 0.717) is 19.3 Å². The van der Waals surface area contributed by atoms with E-state index in [1.165, 1.54) is 77.0 Å². The summed E-state index contributed by atoms with van der Waals surface area (Å²) < 4.78 is 16.7. The van der Waals surface area contributed by atoms with Crippen molar-refractivity contribution < 1.29 is 28.6 Å². The van der Waals surface area contributed by atoms with Crippen molar-refractivity contribution in [2.75, 3.05) is 13.2 Å². The van der Waals surface area contributed by atoms with E-state index in [4.69, 9.17) is 14.2 Å². The second kappa shape index (κ2) is 43.1. The van der Waals surface area contributed by atoms with E-state index in [2.05, 4.69) is 69.4 Å². The fraction of sp³-hybridized carbons (Fsp3) is 0.771. The number of hydrogen-bond acceptors (Lipinski definition) is 6. The van der Waals surface area contributed by atoms with Crippen LogP contribution in [0.5, 0.6) is 0 Å². The minimum absolute atomic E-state index is 0.0808. The van der Waals surface area contributed by atoms with Gasteiger partial charge in [-0.05, 0) is 70.6 Å². The van der Waals surface area contributed by atoms with Crippen LogP contribution in [0.2, 0.25) is 0 Å². The van der Waals surface area contributed by atoms with Gasteiger partial charge in [0.15, 0.2) is 6.10 Å². The summed E-state index contributed by atoms with van der Waals surface area (Å²) >= 11 is 0. The summed E-state index contributed by atoms with van der Waals surface area (Å²) in [5, 5.41) is 0. The molecule has 1 atom stereocenters. The van der Waals surface area contributed by atoms with Crippen LogP contribution in [0.4, 0.5) is 0 Å². The Hall–Kier alpha value is -2.63. The van der Waals surface area contributed by atoms with Crippen LogP contribution in [0.3, 0.4) is 0 Å². The Morgan fingerprint density at radius 2 is 0.741 bits per heavy atom. The maximum Gasteiger partial charge on any atom is 0.306 e. The van der Waals surface area contributed by atoms with Crippen LogP contribution in [0, 0.1) is 0 Å². The zero-order valence-electron chi connectivity index (χ0n) is 35.5. The first-order valence-corrected chi connectivity index (χ1v) is 22.6. The van der Waals surface area contributed by atoms with Crippen molar-refractivity contribution in [2.45, 2.75) is 226 Å². The van der Waals surface area contributed by atoms with Crippen molar-refractivity contribution in [2.24, 2.45) is 0 Å². The number of esters is 3. The molecule has 0 saturated carbocycles. The highest BCUT2D eigenvalue weighted by Gasteiger charge is 2.19.